The van der Waals surface area contributed by atoms with E-state index in [-0.39, 0.29) is 38.4 Å². The Morgan fingerprint density at radius 2 is 1.78 bits per heavy atom. The number of likely N-dealkylation sites (tertiary alicyclic amines) is 1. The van der Waals surface area contributed by atoms with E-state index in [9.17, 15) is 34.2 Å². The van der Waals surface area contributed by atoms with Gasteiger partial charge in [-0.2, -0.15) is 0 Å². The number of carbonyl (C=O) groups is 5. The number of nitrogens with one attached hydrogen (secondary N) is 2. The molecular formula is C53H69N7O8. The molecule has 2 saturated heterocycles. The van der Waals surface area contributed by atoms with E-state index in [1.807, 2.05) is 12.1 Å². The molecule has 2 fully saturated rings. The number of ether oxygens (including phenoxy) is 1. The summed E-state index contributed by atoms with van der Waals surface area (Å²) in [6, 6.07) is 16.7. The molecule has 0 radical (unpaired) electrons. The van der Waals surface area contributed by atoms with Gasteiger partial charge in [0.1, 0.15) is 23.9 Å². The van der Waals surface area contributed by atoms with Crippen molar-refractivity contribution >= 4 is 40.5 Å². The van der Waals surface area contributed by atoms with E-state index < -0.39 is 70.6 Å². The Hall–Kier alpha value is -6.03. The lowest BCUT2D eigenvalue weighted by molar-refractivity contribution is -0.158. The van der Waals surface area contributed by atoms with E-state index in [1.165, 1.54) is 27.4 Å². The molecule has 15 nitrogen and oxygen atoms in total. The molecule has 364 valence electrons. The summed E-state index contributed by atoms with van der Waals surface area (Å²) in [7, 11) is 5.56. The van der Waals surface area contributed by atoms with Gasteiger partial charge in [-0.3, -0.25) is 29.0 Å². The third-order valence-electron chi connectivity index (χ3n) is 13.8. The first kappa shape index (κ1) is 49.9. The quantitative estimate of drug-likeness (QED) is 0.121. The fraction of sp³-hybridized carbons (Fsp3) is 0.491. The number of phenols is 1. The zero-order valence-corrected chi connectivity index (χ0v) is 41.1. The van der Waals surface area contributed by atoms with Gasteiger partial charge < -0.3 is 39.5 Å². The van der Waals surface area contributed by atoms with Crippen LogP contribution in [0.1, 0.15) is 71.1 Å². The van der Waals surface area contributed by atoms with Crippen LogP contribution in [0, 0.1) is 17.3 Å². The molecule has 3 aliphatic heterocycles. The van der Waals surface area contributed by atoms with Gasteiger partial charge in [-0.05, 0) is 104 Å². The number of carbonyl (C=O) groups excluding carboxylic acids is 5. The number of amides is 4. The Bertz CT molecular complexity index is 2600. The van der Waals surface area contributed by atoms with Gasteiger partial charge in [0.2, 0.25) is 11.8 Å². The van der Waals surface area contributed by atoms with E-state index in [4.69, 9.17) is 4.74 Å². The number of hydrogen-bond donors (Lipinski definition) is 4. The van der Waals surface area contributed by atoms with Crippen LogP contribution >= 0.6 is 0 Å². The van der Waals surface area contributed by atoms with Gasteiger partial charge in [-0.1, -0.05) is 77.6 Å². The van der Waals surface area contributed by atoms with Gasteiger partial charge in [-0.25, -0.2) is 5.43 Å². The Morgan fingerprint density at radius 1 is 1.04 bits per heavy atom. The van der Waals surface area contributed by atoms with Gasteiger partial charge in [0.25, 0.3) is 11.8 Å². The molecule has 3 aliphatic rings. The molecule has 4 aromatic rings. The van der Waals surface area contributed by atoms with Crippen molar-refractivity contribution in [3.05, 3.63) is 90.0 Å². The molecule has 0 saturated carbocycles. The molecule has 4 amide bonds. The Labute approximate surface area is 400 Å². The lowest BCUT2D eigenvalue weighted by Crippen LogP contribution is -2.63. The van der Waals surface area contributed by atoms with Crippen LogP contribution in [0.2, 0.25) is 0 Å². The second-order valence-electron chi connectivity index (χ2n) is 20.5. The minimum atomic E-state index is -1.97. The summed E-state index contributed by atoms with van der Waals surface area (Å²) < 4.78 is 8.47. The van der Waals surface area contributed by atoms with Gasteiger partial charge in [0.05, 0.1) is 18.8 Å². The molecule has 4 heterocycles. The normalized spacial score (nSPS) is 22.5. The number of fused-ring (bicyclic) bond motifs is 6. The van der Waals surface area contributed by atoms with Gasteiger partial charge >= 0.3 is 5.97 Å². The summed E-state index contributed by atoms with van der Waals surface area (Å²) >= 11 is 0. The number of aromatic nitrogens is 1. The lowest BCUT2D eigenvalue weighted by Gasteiger charge is -2.38. The SMILES string of the molecule is C=CC(=O)N1C[C@H](C)C(O)(C(=O)N(C)[C@H](C(=O)N[C@H]2Cc3cc(O)cc(c3)-c3ccc4c(c3)c(c(-c3ccccc3CN(C)C)n4CC)CC(C)(C)COC(=O)[C@@H]3CCCN(N3)C2=O)C(C)C)C1. The topological polar surface area (TPSA) is 177 Å². The molecular weight excluding hydrogens is 863 g/mol. The summed E-state index contributed by atoms with van der Waals surface area (Å²) in [4.78, 5) is 74.8. The number of cyclic esters (lactones) is 1. The number of phenolic OH excluding ortho intramolecular Hbond substituents is 1. The number of rotatable bonds is 10. The second-order valence-corrected chi connectivity index (χ2v) is 20.5. The number of hydrazine groups is 1. The molecule has 68 heavy (non-hydrogen) atoms. The van der Waals surface area contributed by atoms with Gasteiger partial charge in [-0.15, -0.1) is 0 Å². The highest BCUT2D eigenvalue weighted by Gasteiger charge is 2.52. The van der Waals surface area contributed by atoms with E-state index in [0.29, 0.717) is 36.9 Å². The van der Waals surface area contributed by atoms with Crippen LogP contribution in [-0.4, -0.2) is 135 Å². The maximum Gasteiger partial charge on any atom is 0.324 e. The number of nitrogens with zero attached hydrogens (tertiary/aromatic N) is 5. The van der Waals surface area contributed by atoms with E-state index >= 15 is 0 Å². The second kappa shape index (κ2) is 19.9. The summed E-state index contributed by atoms with van der Waals surface area (Å²) in [6.45, 7) is 16.7. The largest absolute Gasteiger partial charge is 0.508 e. The molecule has 15 heteroatoms. The fourth-order valence-corrected chi connectivity index (χ4v) is 10.4. The van der Waals surface area contributed by atoms with Gasteiger partial charge in [0.15, 0.2) is 5.60 Å². The highest BCUT2D eigenvalue weighted by atomic mass is 16.5. The molecule has 0 aliphatic carbocycles. The standard InChI is InChI=1S/C53H69N7O8/c1-11-45(62)58-28-33(5)53(67,30-58)51(66)57(10)46(32(3)4)48(63)54-43-24-34-22-37(25-38(61)23-34)35-19-20-44-40(26-35)41(47(59(44)12-2)39-17-14-13-16-36(39)29-56(8)9)27-52(6,7)31-68-50(65)42-18-15-21-60(55-42)49(43)64/h11,13-14,16-17,19-20,22-23,25-26,32-33,42-43,46,55,61,67H,1,12,15,18,21,24,27-31H2,2-10H3,(H,54,63)/t33-,42-,43-,46-,53?/m0/s1. The van der Waals surface area contributed by atoms with Crippen molar-refractivity contribution in [3.63, 3.8) is 0 Å². The Kier molecular flexibility index (Phi) is 14.6. The summed E-state index contributed by atoms with van der Waals surface area (Å²) in [5.41, 5.74) is 8.31. The lowest BCUT2D eigenvalue weighted by atomic mass is 9.84. The monoisotopic (exact) mass is 932 g/mol. The van der Waals surface area contributed by atoms with E-state index in [2.05, 4.69) is 98.1 Å². The highest BCUT2D eigenvalue weighted by molar-refractivity contribution is 5.97. The summed E-state index contributed by atoms with van der Waals surface area (Å²) in [5, 5.41) is 28.5. The number of esters is 1. The third-order valence-corrected chi connectivity index (χ3v) is 13.8. The number of hydrogen-bond acceptors (Lipinski definition) is 10. The van der Waals surface area contributed by atoms with Crippen LogP contribution in [-0.2, 0) is 54.6 Å². The van der Waals surface area contributed by atoms with Crippen molar-refractivity contribution in [2.45, 2.75) is 104 Å². The smallest absolute Gasteiger partial charge is 0.324 e. The number of aromatic hydroxyl groups is 1. The molecule has 6 bridgehead atoms. The maximum absolute atomic E-state index is 14.8. The van der Waals surface area contributed by atoms with E-state index in [0.717, 1.165) is 45.9 Å². The molecule has 0 spiro atoms. The van der Waals surface area contributed by atoms with Crippen LogP contribution in [0.5, 0.6) is 5.75 Å². The highest BCUT2D eigenvalue weighted by Crippen LogP contribution is 2.42. The number of likely N-dealkylation sites (N-methyl/N-ethyl adjacent to an activating group) is 1. The molecule has 4 N–H and O–H groups in total. The van der Waals surface area contributed by atoms with Crippen molar-refractivity contribution in [2.24, 2.45) is 17.3 Å². The zero-order chi connectivity index (χ0) is 49.4. The van der Waals surface area contributed by atoms with Crippen molar-refractivity contribution in [1.82, 2.24) is 35.0 Å². The van der Waals surface area contributed by atoms with Crippen molar-refractivity contribution in [1.29, 1.82) is 0 Å². The van der Waals surface area contributed by atoms with Crippen LogP contribution in [0.15, 0.2) is 73.3 Å². The zero-order valence-electron chi connectivity index (χ0n) is 41.1. The van der Waals surface area contributed by atoms with Gasteiger partial charge in [0, 0.05) is 67.4 Å². The number of aliphatic hydroxyl groups is 1. The molecule has 1 unspecified atom stereocenters. The molecule has 3 aromatic carbocycles. The average Bonchev–Trinajstić information content (AvgIpc) is 3.78. The first-order valence-electron chi connectivity index (χ1n) is 23.8. The number of benzene rings is 3. The fourth-order valence-electron chi connectivity index (χ4n) is 10.4. The first-order valence-corrected chi connectivity index (χ1v) is 23.8. The number of β-amino-alcohol motifs (C(OH)–C–C–N with tert-alkyl or cyclic N) is 1. The van der Waals surface area contributed by atoms with Crippen molar-refractivity contribution < 1.29 is 38.9 Å². The Balaban J connectivity index is 1.31. The van der Waals surface area contributed by atoms with Crippen LogP contribution in [0.4, 0.5) is 0 Å². The predicted octanol–water partition coefficient (Wildman–Crippen LogP) is 5.29. The number of aryl methyl sites for hydroxylation is 1. The van der Waals surface area contributed by atoms with Crippen LogP contribution < -0.4 is 10.7 Å². The third kappa shape index (κ3) is 10.1. The summed E-state index contributed by atoms with van der Waals surface area (Å²) in [5.74, 6) is -3.93. The molecule has 1 aromatic heterocycles. The Morgan fingerprint density at radius 3 is 2.47 bits per heavy atom. The summed E-state index contributed by atoms with van der Waals surface area (Å²) in [6.07, 6.45) is 2.57. The van der Waals surface area contributed by atoms with Crippen molar-refractivity contribution in [2.75, 3.05) is 47.4 Å². The minimum absolute atomic E-state index is 0.0254. The average molecular weight is 932 g/mol. The molecule has 7 rings (SSSR count). The minimum Gasteiger partial charge on any atom is -0.508 e. The van der Waals surface area contributed by atoms with Crippen molar-refractivity contribution in [3.8, 4) is 28.1 Å². The molecule has 5 atom stereocenters. The van der Waals surface area contributed by atoms with E-state index in [1.54, 1.807) is 32.9 Å². The predicted molar refractivity (Wildman–Crippen MR) is 262 cm³/mol. The first-order chi connectivity index (χ1) is 32.2. The maximum atomic E-state index is 14.8. The van der Waals surface area contributed by atoms with Crippen LogP contribution in [0.25, 0.3) is 33.3 Å². The van der Waals surface area contributed by atoms with Crippen LogP contribution in [0.3, 0.4) is 0 Å².